The van der Waals surface area contributed by atoms with Crippen LogP contribution < -0.4 is 16.4 Å². The van der Waals surface area contributed by atoms with Crippen LogP contribution in [0.15, 0.2) is 29.6 Å². The number of nitrogens with one attached hydrogen (secondary N) is 2. The Balaban J connectivity index is 1.61. The number of nitrogen functional groups attached to an aromatic ring is 1. The third-order valence-electron chi connectivity index (χ3n) is 3.90. The average Bonchev–Trinajstić information content (AvgIpc) is 3.05. The summed E-state index contributed by atoms with van der Waals surface area (Å²) in [6.45, 7) is 2.45. The second kappa shape index (κ2) is 6.89. The molecule has 1 aliphatic heterocycles. The zero-order valence-corrected chi connectivity index (χ0v) is 13.2. The first-order valence-electron chi connectivity index (χ1n) is 7.52. The quantitative estimate of drug-likeness (QED) is 0.755. The van der Waals surface area contributed by atoms with Crippen LogP contribution in [0.5, 0.6) is 0 Å². The Bertz CT molecular complexity index is 649. The van der Waals surface area contributed by atoms with Crippen LogP contribution in [0.2, 0.25) is 0 Å². The molecule has 4 N–H and O–H groups in total. The Morgan fingerprint density at radius 3 is 3.09 bits per heavy atom. The Morgan fingerprint density at radius 1 is 1.45 bits per heavy atom. The molecule has 6 heteroatoms. The molecule has 2 heterocycles. The zero-order valence-electron chi connectivity index (χ0n) is 12.3. The van der Waals surface area contributed by atoms with Crippen LogP contribution in [0.25, 0.3) is 0 Å². The van der Waals surface area contributed by atoms with Crippen molar-refractivity contribution >= 4 is 22.9 Å². The highest BCUT2D eigenvalue weighted by molar-refractivity contribution is 7.09. The van der Waals surface area contributed by atoms with E-state index in [1.54, 1.807) is 11.3 Å². The van der Waals surface area contributed by atoms with Crippen molar-refractivity contribution in [1.29, 1.82) is 0 Å². The summed E-state index contributed by atoms with van der Waals surface area (Å²) in [5, 5.41) is 9.15. The molecule has 3 rings (SSSR count). The van der Waals surface area contributed by atoms with Gasteiger partial charge in [0.1, 0.15) is 5.69 Å². The average molecular weight is 316 g/mol. The highest BCUT2D eigenvalue weighted by Gasteiger charge is 2.20. The van der Waals surface area contributed by atoms with Gasteiger partial charge in [0.25, 0.3) is 5.91 Å². The van der Waals surface area contributed by atoms with E-state index in [1.165, 1.54) is 6.42 Å². The summed E-state index contributed by atoms with van der Waals surface area (Å²) in [6, 6.07) is 7.54. The van der Waals surface area contributed by atoms with Crippen LogP contribution in [-0.4, -0.2) is 24.0 Å². The Kier molecular flexibility index (Phi) is 4.70. The van der Waals surface area contributed by atoms with Gasteiger partial charge in [-0.3, -0.25) is 4.79 Å². The van der Waals surface area contributed by atoms with Crippen molar-refractivity contribution in [3.8, 4) is 0 Å². The molecule has 1 aromatic heterocycles. The van der Waals surface area contributed by atoms with Gasteiger partial charge in [0.2, 0.25) is 0 Å². The fourth-order valence-corrected chi connectivity index (χ4v) is 3.54. The lowest BCUT2D eigenvalue weighted by atomic mass is 10.0. The number of anilines is 1. The monoisotopic (exact) mass is 316 g/mol. The lowest BCUT2D eigenvalue weighted by Crippen LogP contribution is -2.28. The lowest BCUT2D eigenvalue weighted by molar-refractivity contribution is 0.0946. The minimum absolute atomic E-state index is 0.144. The fraction of sp³-hybridized carbons (Fsp3) is 0.375. The molecule has 0 aliphatic carbocycles. The van der Waals surface area contributed by atoms with E-state index in [0.29, 0.717) is 23.8 Å². The summed E-state index contributed by atoms with van der Waals surface area (Å²) in [5.41, 5.74) is 7.98. The number of para-hydroxylation sites is 1. The molecule has 1 atom stereocenters. The number of thiazole rings is 1. The maximum atomic E-state index is 12.2. The van der Waals surface area contributed by atoms with Gasteiger partial charge in [-0.15, -0.1) is 11.3 Å². The SMILES string of the molecule is Nc1ccccc1CNC(=O)c1csc(C2CCCNC2)n1. The van der Waals surface area contributed by atoms with E-state index in [-0.39, 0.29) is 5.91 Å². The number of piperidine rings is 1. The van der Waals surface area contributed by atoms with E-state index in [2.05, 4.69) is 15.6 Å². The molecule has 116 valence electrons. The first kappa shape index (κ1) is 15.0. The summed E-state index contributed by atoms with van der Waals surface area (Å²) in [5.74, 6) is 0.291. The molecule has 2 aromatic rings. The van der Waals surface area contributed by atoms with Crippen molar-refractivity contribution in [3.05, 3.63) is 45.9 Å². The number of nitrogens with zero attached hydrogens (tertiary/aromatic N) is 1. The third-order valence-corrected chi connectivity index (χ3v) is 4.90. The molecule has 0 radical (unpaired) electrons. The molecule has 0 saturated carbocycles. The fourth-order valence-electron chi connectivity index (χ4n) is 2.60. The maximum absolute atomic E-state index is 12.2. The van der Waals surface area contributed by atoms with Gasteiger partial charge < -0.3 is 16.4 Å². The van der Waals surface area contributed by atoms with Gasteiger partial charge in [-0.25, -0.2) is 4.98 Å². The summed E-state index contributed by atoms with van der Waals surface area (Å²) in [7, 11) is 0. The van der Waals surface area contributed by atoms with Crippen molar-refractivity contribution in [1.82, 2.24) is 15.6 Å². The first-order valence-corrected chi connectivity index (χ1v) is 8.39. The van der Waals surface area contributed by atoms with Crippen LogP contribution in [0.3, 0.4) is 0 Å². The van der Waals surface area contributed by atoms with Crippen molar-refractivity contribution in [2.24, 2.45) is 0 Å². The molecular formula is C16H20N4OS. The number of hydrogen-bond acceptors (Lipinski definition) is 5. The number of aromatic nitrogens is 1. The van der Waals surface area contributed by atoms with Crippen molar-refractivity contribution < 1.29 is 4.79 Å². The molecule has 1 unspecified atom stereocenters. The molecule has 0 bridgehead atoms. The minimum atomic E-state index is -0.144. The number of hydrogen-bond donors (Lipinski definition) is 3. The van der Waals surface area contributed by atoms with E-state index < -0.39 is 0 Å². The van der Waals surface area contributed by atoms with Gasteiger partial charge in [0.05, 0.1) is 5.01 Å². The molecule has 1 aromatic carbocycles. The van der Waals surface area contributed by atoms with Gasteiger partial charge in [0.15, 0.2) is 0 Å². The largest absolute Gasteiger partial charge is 0.398 e. The second-order valence-corrected chi connectivity index (χ2v) is 6.39. The van der Waals surface area contributed by atoms with E-state index in [1.807, 2.05) is 29.6 Å². The van der Waals surface area contributed by atoms with Crippen LogP contribution in [0, 0.1) is 0 Å². The van der Waals surface area contributed by atoms with Crippen molar-refractivity contribution in [2.75, 3.05) is 18.8 Å². The topological polar surface area (TPSA) is 80.0 Å². The molecule has 5 nitrogen and oxygen atoms in total. The van der Waals surface area contributed by atoms with Crippen LogP contribution in [0.4, 0.5) is 5.69 Å². The zero-order chi connectivity index (χ0) is 15.4. The number of benzene rings is 1. The van der Waals surface area contributed by atoms with E-state index in [9.17, 15) is 4.79 Å². The molecule has 1 fully saturated rings. The molecule has 1 amide bonds. The van der Waals surface area contributed by atoms with Crippen LogP contribution >= 0.6 is 11.3 Å². The van der Waals surface area contributed by atoms with E-state index in [0.717, 1.165) is 30.1 Å². The number of amides is 1. The lowest BCUT2D eigenvalue weighted by Gasteiger charge is -2.20. The number of nitrogens with two attached hydrogens (primary N) is 1. The van der Waals surface area contributed by atoms with Crippen LogP contribution in [-0.2, 0) is 6.54 Å². The molecular weight excluding hydrogens is 296 g/mol. The Morgan fingerprint density at radius 2 is 2.32 bits per heavy atom. The van der Waals surface area contributed by atoms with E-state index >= 15 is 0 Å². The molecule has 0 spiro atoms. The smallest absolute Gasteiger partial charge is 0.271 e. The Hall–Kier alpha value is -1.92. The summed E-state index contributed by atoms with van der Waals surface area (Å²) in [6.07, 6.45) is 2.31. The molecule has 1 aliphatic rings. The third kappa shape index (κ3) is 3.45. The maximum Gasteiger partial charge on any atom is 0.271 e. The molecule has 1 saturated heterocycles. The van der Waals surface area contributed by atoms with Gasteiger partial charge in [-0.05, 0) is 31.0 Å². The highest BCUT2D eigenvalue weighted by atomic mass is 32.1. The van der Waals surface area contributed by atoms with Gasteiger partial charge in [0, 0.05) is 30.1 Å². The predicted molar refractivity (Wildman–Crippen MR) is 89.0 cm³/mol. The van der Waals surface area contributed by atoms with Crippen molar-refractivity contribution in [2.45, 2.75) is 25.3 Å². The van der Waals surface area contributed by atoms with Gasteiger partial charge in [-0.1, -0.05) is 18.2 Å². The Labute approximate surface area is 133 Å². The standard InChI is InChI=1S/C16H20N4OS/c17-13-6-2-1-4-11(13)9-19-15(21)14-10-22-16(20-14)12-5-3-7-18-8-12/h1-2,4,6,10,12,18H,3,5,7-9,17H2,(H,19,21). The second-order valence-electron chi connectivity index (χ2n) is 5.50. The number of carbonyl (C=O) groups is 1. The minimum Gasteiger partial charge on any atom is -0.398 e. The van der Waals surface area contributed by atoms with Gasteiger partial charge in [-0.2, -0.15) is 0 Å². The van der Waals surface area contributed by atoms with Gasteiger partial charge >= 0.3 is 0 Å². The highest BCUT2D eigenvalue weighted by Crippen LogP contribution is 2.26. The normalized spacial score (nSPS) is 18.1. The van der Waals surface area contributed by atoms with Crippen molar-refractivity contribution in [3.63, 3.8) is 0 Å². The number of rotatable bonds is 4. The summed E-state index contributed by atoms with van der Waals surface area (Å²) in [4.78, 5) is 16.7. The first-order chi connectivity index (χ1) is 10.7. The van der Waals surface area contributed by atoms with Crippen LogP contribution in [0.1, 0.15) is 39.8 Å². The van der Waals surface area contributed by atoms with E-state index in [4.69, 9.17) is 5.73 Å². The summed E-state index contributed by atoms with van der Waals surface area (Å²) >= 11 is 1.57. The predicted octanol–water partition coefficient (Wildman–Crippen LogP) is 2.12. The summed E-state index contributed by atoms with van der Waals surface area (Å²) < 4.78 is 0. The molecule has 22 heavy (non-hydrogen) atoms. The number of carbonyl (C=O) groups excluding carboxylic acids is 1.